The maximum atomic E-state index is 13.6. The van der Waals surface area contributed by atoms with E-state index >= 15 is 0 Å². The summed E-state index contributed by atoms with van der Waals surface area (Å²) in [6.45, 7) is 14.1. The largest absolute Gasteiger partial charge is 0.507 e. The van der Waals surface area contributed by atoms with E-state index in [0.29, 0.717) is 17.0 Å². The number of methoxy groups -OCH3 is 1. The van der Waals surface area contributed by atoms with Crippen molar-refractivity contribution in [3.05, 3.63) is 94.6 Å². The molecule has 1 heterocycles. The SMILES string of the molecule is CCN(CC)c1ccc(C2/C(=C(\O)c3cc(C(C)(C)C)ccc3C)C(=O)C(=O)N2c2ccc(OC)cc2)cc1. The molecule has 1 aliphatic heterocycles. The zero-order chi connectivity index (χ0) is 28.5. The Labute approximate surface area is 231 Å². The van der Waals surface area contributed by atoms with E-state index in [1.54, 1.807) is 31.4 Å². The molecule has 0 radical (unpaired) electrons. The van der Waals surface area contributed by atoms with Crippen LogP contribution in [0, 0.1) is 6.92 Å². The zero-order valence-electron chi connectivity index (χ0n) is 23.9. The molecule has 4 rings (SSSR count). The molecule has 1 N–H and O–H groups in total. The van der Waals surface area contributed by atoms with Gasteiger partial charge < -0.3 is 14.7 Å². The van der Waals surface area contributed by atoms with Crippen molar-refractivity contribution in [3.63, 3.8) is 0 Å². The molecule has 0 spiro atoms. The minimum atomic E-state index is -0.790. The highest BCUT2D eigenvalue weighted by Crippen LogP contribution is 2.43. The first kappa shape index (κ1) is 28.0. The van der Waals surface area contributed by atoms with Crippen LogP contribution in [0.3, 0.4) is 0 Å². The second-order valence-electron chi connectivity index (χ2n) is 10.9. The van der Waals surface area contributed by atoms with E-state index < -0.39 is 17.7 Å². The summed E-state index contributed by atoms with van der Waals surface area (Å²) in [6, 6.07) is 20.0. The quantitative estimate of drug-likeness (QED) is 0.209. The van der Waals surface area contributed by atoms with Crippen LogP contribution in [-0.4, -0.2) is 37.0 Å². The number of benzene rings is 3. The number of Topliss-reactive ketones (excluding diaryl/α,β-unsaturated/α-hetero) is 1. The standard InChI is InChI=1S/C33H38N2O4/c1-8-34(9-2)24-14-11-22(12-15-24)29-28(30(36)27-20-23(33(4,5)6)13-10-21(27)3)31(37)32(38)35(29)25-16-18-26(39-7)19-17-25/h10-20,29,36H,8-9H2,1-7H3/b30-28+. The number of carbonyl (C=O) groups excluding carboxylic acids is 2. The lowest BCUT2D eigenvalue weighted by Gasteiger charge is -2.27. The van der Waals surface area contributed by atoms with E-state index in [-0.39, 0.29) is 16.7 Å². The van der Waals surface area contributed by atoms with Crippen molar-refractivity contribution in [2.75, 3.05) is 30.0 Å². The molecule has 1 aliphatic rings. The van der Waals surface area contributed by atoms with Crippen molar-refractivity contribution in [1.29, 1.82) is 0 Å². The normalized spacial score (nSPS) is 17.0. The van der Waals surface area contributed by atoms with Crippen LogP contribution in [0.5, 0.6) is 5.75 Å². The third-order valence-electron chi connectivity index (χ3n) is 7.49. The number of hydrogen-bond donors (Lipinski definition) is 1. The van der Waals surface area contributed by atoms with Gasteiger partial charge in [-0.25, -0.2) is 0 Å². The molecule has 6 heteroatoms. The van der Waals surface area contributed by atoms with Gasteiger partial charge in [0, 0.05) is 30.0 Å². The van der Waals surface area contributed by atoms with Gasteiger partial charge in [0.15, 0.2) is 0 Å². The van der Waals surface area contributed by atoms with E-state index in [9.17, 15) is 14.7 Å². The summed E-state index contributed by atoms with van der Waals surface area (Å²) in [6.07, 6.45) is 0. The van der Waals surface area contributed by atoms with Gasteiger partial charge in [0.25, 0.3) is 11.7 Å². The maximum Gasteiger partial charge on any atom is 0.300 e. The van der Waals surface area contributed by atoms with Crippen molar-refractivity contribution in [1.82, 2.24) is 0 Å². The highest BCUT2D eigenvalue weighted by Gasteiger charge is 2.47. The fourth-order valence-corrected chi connectivity index (χ4v) is 5.10. The highest BCUT2D eigenvalue weighted by atomic mass is 16.5. The summed E-state index contributed by atoms with van der Waals surface area (Å²) in [5, 5.41) is 11.7. The number of amides is 1. The Bertz CT molecular complexity index is 1400. The van der Waals surface area contributed by atoms with Crippen LogP contribution in [0.15, 0.2) is 72.3 Å². The van der Waals surface area contributed by atoms with Gasteiger partial charge in [-0.05, 0) is 85.3 Å². The van der Waals surface area contributed by atoms with E-state index in [1.807, 2.05) is 49.4 Å². The number of anilines is 2. The highest BCUT2D eigenvalue weighted by molar-refractivity contribution is 6.51. The van der Waals surface area contributed by atoms with Gasteiger partial charge in [0.05, 0.1) is 18.7 Å². The average molecular weight is 527 g/mol. The molecule has 1 saturated heterocycles. The van der Waals surface area contributed by atoms with E-state index in [0.717, 1.165) is 35.5 Å². The molecule has 0 aromatic heterocycles. The third kappa shape index (κ3) is 5.29. The van der Waals surface area contributed by atoms with Gasteiger partial charge in [0.2, 0.25) is 0 Å². The number of rotatable bonds is 7. The Balaban J connectivity index is 1.93. The fraction of sp³-hybridized carbons (Fsp3) is 0.333. The number of ketones is 1. The second kappa shape index (κ2) is 11.0. The molecule has 3 aromatic rings. The van der Waals surface area contributed by atoms with Crippen molar-refractivity contribution in [2.24, 2.45) is 0 Å². The minimum absolute atomic E-state index is 0.0839. The van der Waals surface area contributed by atoms with Crippen LogP contribution < -0.4 is 14.5 Å². The summed E-state index contributed by atoms with van der Waals surface area (Å²) in [5.74, 6) is -0.901. The van der Waals surface area contributed by atoms with Gasteiger partial charge >= 0.3 is 0 Å². The lowest BCUT2D eigenvalue weighted by Crippen LogP contribution is -2.29. The summed E-state index contributed by atoms with van der Waals surface area (Å²) < 4.78 is 5.29. The van der Waals surface area contributed by atoms with Gasteiger partial charge in [-0.3, -0.25) is 14.5 Å². The molecule has 6 nitrogen and oxygen atoms in total. The summed E-state index contributed by atoms with van der Waals surface area (Å²) in [7, 11) is 1.58. The smallest absolute Gasteiger partial charge is 0.300 e. The van der Waals surface area contributed by atoms with Crippen molar-refractivity contribution >= 4 is 28.8 Å². The Kier molecular flexibility index (Phi) is 7.86. The molecular weight excluding hydrogens is 488 g/mol. The lowest BCUT2D eigenvalue weighted by atomic mass is 9.84. The number of aryl methyl sites for hydroxylation is 1. The molecule has 1 amide bonds. The zero-order valence-corrected chi connectivity index (χ0v) is 23.9. The van der Waals surface area contributed by atoms with Crippen LogP contribution in [-0.2, 0) is 15.0 Å². The molecule has 1 atom stereocenters. The van der Waals surface area contributed by atoms with Crippen molar-refractivity contribution < 1.29 is 19.4 Å². The number of aliphatic hydroxyl groups is 1. The first-order valence-electron chi connectivity index (χ1n) is 13.4. The molecule has 3 aromatic carbocycles. The number of aliphatic hydroxyl groups excluding tert-OH is 1. The molecule has 39 heavy (non-hydrogen) atoms. The van der Waals surface area contributed by atoms with Crippen LogP contribution in [0.25, 0.3) is 5.76 Å². The first-order chi connectivity index (χ1) is 18.5. The number of hydrogen-bond acceptors (Lipinski definition) is 5. The fourth-order valence-electron chi connectivity index (χ4n) is 5.10. The molecule has 204 valence electrons. The van der Waals surface area contributed by atoms with Crippen LogP contribution in [0.4, 0.5) is 11.4 Å². The predicted molar refractivity (Wildman–Crippen MR) is 158 cm³/mol. The monoisotopic (exact) mass is 526 g/mol. The number of nitrogens with zero attached hydrogens (tertiary/aromatic N) is 2. The van der Waals surface area contributed by atoms with E-state index in [1.165, 1.54) is 4.90 Å². The average Bonchev–Trinajstić information content (AvgIpc) is 3.19. The van der Waals surface area contributed by atoms with E-state index in [4.69, 9.17) is 4.74 Å². The molecule has 0 saturated carbocycles. The van der Waals surface area contributed by atoms with Gasteiger partial charge in [-0.15, -0.1) is 0 Å². The number of ether oxygens (including phenoxy) is 1. The van der Waals surface area contributed by atoms with Crippen LogP contribution in [0.1, 0.15) is 62.9 Å². The molecule has 1 fully saturated rings. The molecule has 0 bridgehead atoms. The Morgan fingerprint density at radius 2 is 1.56 bits per heavy atom. The van der Waals surface area contributed by atoms with Gasteiger partial charge in [-0.1, -0.05) is 45.0 Å². The molecule has 1 unspecified atom stereocenters. The molecule has 0 aliphatic carbocycles. The second-order valence-corrected chi connectivity index (χ2v) is 10.9. The van der Waals surface area contributed by atoms with E-state index in [2.05, 4.69) is 39.5 Å². The van der Waals surface area contributed by atoms with Gasteiger partial charge in [0.1, 0.15) is 11.5 Å². The Morgan fingerprint density at radius 1 is 0.949 bits per heavy atom. The molecular formula is C33H38N2O4. The first-order valence-corrected chi connectivity index (χ1v) is 13.4. The summed E-state index contributed by atoms with van der Waals surface area (Å²) in [4.78, 5) is 30.9. The summed E-state index contributed by atoms with van der Waals surface area (Å²) in [5.41, 5.74) is 4.69. The third-order valence-corrected chi connectivity index (χ3v) is 7.49. The van der Waals surface area contributed by atoms with Gasteiger partial charge in [-0.2, -0.15) is 0 Å². The van der Waals surface area contributed by atoms with Crippen LogP contribution in [0.2, 0.25) is 0 Å². The van der Waals surface area contributed by atoms with Crippen molar-refractivity contribution in [3.8, 4) is 5.75 Å². The Morgan fingerprint density at radius 3 is 2.10 bits per heavy atom. The lowest BCUT2D eigenvalue weighted by molar-refractivity contribution is -0.132. The minimum Gasteiger partial charge on any atom is -0.507 e. The predicted octanol–water partition coefficient (Wildman–Crippen LogP) is 6.77. The topological polar surface area (TPSA) is 70.1 Å². The Hall–Kier alpha value is -4.06. The number of carbonyl (C=O) groups is 2. The summed E-state index contributed by atoms with van der Waals surface area (Å²) >= 11 is 0. The maximum absolute atomic E-state index is 13.6. The van der Waals surface area contributed by atoms with Crippen LogP contribution >= 0.6 is 0 Å². The van der Waals surface area contributed by atoms with Crippen molar-refractivity contribution in [2.45, 2.75) is 53.0 Å².